The summed E-state index contributed by atoms with van der Waals surface area (Å²) in [6, 6.07) is 0. The van der Waals surface area contributed by atoms with Crippen LogP contribution >= 0.6 is 31.9 Å². The molecule has 0 N–H and O–H groups in total. The van der Waals surface area contributed by atoms with E-state index in [2.05, 4.69) is 31.9 Å². The number of hydrogen-bond acceptors (Lipinski definition) is 2. The number of fused-ring (bicyclic) bond motifs is 4. The van der Waals surface area contributed by atoms with Crippen LogP contribution in [0.15, 0.2) is 32.3 Å². The van der Waals surface area contributed by atoms with Gasteiger partial charge in [0.2, 0.25) is 0 Å². The molecule has 0 aromatic rings. The summed E-state index contributed by atoms with van der Waals surface area (Å²) in [5.74, 6) is 0.255. The van der Waals surface area contributed by atoms with Crippen molar-refractivity contribution in [2.24, 2.45) is 11.8 Å². The van der Waals surface area contributed by atoms with Crippen molar-refractivity contribution in [1.82, 2.24) is 0 Å². The number of carbonyl (C=O) groups is 2. The fraction of sp³-hybridized carbons (Fsp3) is 0.273. The predicted molar refractivity (Wildman–Crippen MR) is 62.7 cm³/mol. The van der Waals surface area contributed by atoms with Gasteiger partial charge in [0.05, 0.1) is 8.96 Å². The molecule has 0 amide bonds. The van der Waals surface area contributed by atoms with E-state index in [4.69, 9.17) is 0 Å². The first-order chi connectivity index (χ1) is 7.11. The zero-order chi connectivity index (χ0) is 10.7. The first kappa shape index (κ1) is 9.73. The zero-order valence-electron chi connectivity index (χ0n) is 7.59. The van der Waals surface area contributed by atoms with Gasteiger partial charge in [-0.25, -0.2) is 0 Å². The molecule has 76 valence electrons. The summed E-state index contributed by atoms with van der Waals surface area (Å²) < 4.78 is 0.736. The Balaban J connectivity index is 2.20. The normalized spacial score (nSPS) is 33.2. The van der Waals surface area contributed by atoms with Crippen LogP contribution in [0.4, 0.5) is 0 Å². The molecule has 0 aromatic carbocycles. The highest BCUT2D eigenvalue weighted by Crippen LogP contribution is 2.49. The topological polar surface area (TPSA) is 34.1 Å². The number of hydrogen-bond donors (Lipinski definition) is 0. The Kier molecular flexibility index (Phi) is 1.95. The van der Waals surface area contributed by atoms with Gasteiger partial charge in [0, 0.05) is 23.0 Å². The molecule has 3 aliphatic rings. The summed E-state index contributed by atoms with van der Waals surface area (Å²) in [7, 11) is 0. The standard InChI is InChI=1S/C11H6Br2O2/c12-8-9(13)11(15)7-5-2-1-4(3-5)6(7)10(8)14/h1-2,4-5H,3H2/t4-,5+. The third kappa shape index (κ3) is 1.09. The first-order valence-corrected chi connectivity index (χ1v) is 6.27. The van der Waals surface area contributed by atoms with E-state index in [0.29, 0.717) is 20.1 Å². The molecule has 0 saturated heterocycles. The maximum absolute atomic E-state index is 12.0. The van der Waals surface area contributed by atoms with Crippen LogP contribution in [0.2, 0.25) is 0 Å². The van der Waals surface area contributed by atoms with Crippen molar-refractivity contribution in [3.63, 3.8) is 0 Å². The average molecular weight is 330 g/mol. The maximum Gasteiger partial charge on any atom is 0.198 e. The first-order valence-electron chi connectivity index (χ1n) is 4.68. The van der Waals surface area contributed by atoms with Crippen LogP contribution in [-0.4, -0.2) is 11.6 Å². The van der Waals surface area contributed by atoms with Gasteiger partial charge in [-0.3, -0.25) is 9.59 Å². The van der Waals surface area contributed by atoms with Crippen molar-refractivity contribution in [2.75, 3.05) is 0 Å². The minimum absolute atomic E-state index is 0.0340. The number of rotatable bonds is 0. The van der Waals surface area contributed by atoms with Gasteiger partial charge in [-0.05, 0) is 38.3 Å². The van der Waals surface area contributed by atoms with E-state index in [1.165, 1.54) is 0 Å². The van der Waals surface area contributed by atoms with Crippen LogP contribution in [0, 0.1) is 11.8 Å². The smallest absolute Gasteiger partial charge is 0.198 e. The van der Waals surface area contributed by atoms with E-state index in [0.717, 1.165) is 6.42 Å². The van der Waals surface area contributed by atoms with Crippen LogP contribution < -0.4 is 0 Å². The van der Waals surface area contributed by atoms with E-state index in [1.54, 1.807) is 0 Å². The molecule has 0 saturated carbocycles. The highest BCUT2D eigenvalue weighted by atomic mass is 79.9. The minimum atomic E-state index is -0.0340. The lowest BCUT2D eigenvalue weighted by Gasteiger charge is -2.19. The summed E-state index contributed by atoms with van der Waals surface area (Å²) in [4.78, 5) is 23.9. The fourth-order valence-corrected chi connectivity index (χ4v) is 3.33. The Hall–Kier alpha value is -0.480. The molecular weight excluding hydrogens is 324 g/mol. The second-order valence-corrected chi connectivity index (χ2v) is 5.53. The monoisotopic (exact) mass is 328 g/mol. The summed E-state index contributed by atoms with van der Waals surface area (Å²) in [6.45, 7) is 0. The molecule has 0 unspecified atom stereocenters. The van der Waals surface area contributed by atoms with Gasteiger partial charge in [0.15, 0.2) is 11.6 Å². The molecule has 0 radical (unpaired) electrons. The molecular formula is C11H6Br2O2. The van der Waals surface area contributed by atoms with Crippen molar-refractivity contribution >= 4 is 43.4 Å². The molecule has 0 fully saturated rings. The van der Waals surface area contributed by atoms with E-state index < -0.39 is 0 Å². The van der Waals surface area contributed by atoms with Gasteiger partial charge in [0.1, 0.15) is 0 Å². The molecule has 2 nitrogen and oxygen atoms in total. The lowest BCUT2D eigenvalue weighted by atomic mass is 9.87. The lowest BCUT2D eigenvalue weighted by molar-refractivity contribution is -0.115. The van der Waals surface area contributed by atoms with Crippen molar-refractivity contribution in [3.8, 4) is 0 Å². The van der Waals surface area contributed by atoms with Crippen LogP contribution in [0.3, 0.4) is 0 Å². The van der Waals surface area contributed by atoms with Crippen molar-refractivity contribution in [2.45, 2.75) is 6.42 Å². The molecule has 2 atom stereocenters. The van der Waals surface area contributed by atoms with Gasteiger partial charge in [-0.15, -0.1) is 0 Å². The molecule has 3 aliphatic carbocycles. The van der Waals surface area contributed by atoms with E-state index in [9.17, 15) is 9.59 Å². The predicted octanol–water partition coefficient (Wildman–Crippen LogP) is 2.64. The zero-order valence-corrected chi connectivity index (χ0v) is 10.8. The number of allylic oxidation sites excluding steroid dienone is 6. The summed E-state index contributed by atoms with van der Waals surface area (Å²) >= 11 is 6.34. The second-order valence-electron chi connectivity index (χ2n) is 3.95. The molecule has 4 heteroatoms. The highest BCUT2D eigenvalue weighted by molar-refractivity contribution is 9.14. The highest BCUT2D eigenvalue weighted by Gasteiger charge is 2.45. The number of carbonyl (C=O) groups excluding carboxylic acids is 2. The van der Waals surface area contributed by atoms with Gasteiger partial charge in [-0.2, -0.15) is 0 Å². The van der Waals surface area contributed by atoms with E-state index >= 15 is 0 Å². The third-order valence-corrected chi connectivity index (χ3v) is 5.24. The lowest BCUT2D eigenvalue weighted by Crippen LogP contribution is -2.22. The maximum atomic E-state index is 12.0. The van der Waals surface area contributed by atoms with Crippen molar-refractivity contribution in [1.29, 1.82) is 0 Å². The number of ketones is 2. The van der Waals surface area contributed by atoms with Crippen LogP contribution in [0.1, 0.15) is 6.42 Å². The quantitative estimate of drug-likeness (QED) is 0.506. The summed E-state index contributed by atoms with van der Waals surface area (Å²) in [6.07, 6.45) is 4.96. The Bertz CT molecular complexity index is 455. The molecule has 0 aromatic heterocycles. The molecule has 0 aliphatic heterocycles. The van der Waals surface area contributed by atoms with Crippen molar-refractivity contribution in [3.05, 3.63) is 32.3 Å². The molecule has 15 heavy (non-hydrogen) atoms. The van der Waals surface area contributed by atoms with Crippen LogP contribution in [0.25, 0.3) is 0 Å². The molecule has 0 heterocycles. The average Bonchev–Trinajstić information content (AvgIpc) is 2.82. The number of Topliss-reactive ketones (excluding diaryl/α,β-unsaturated/α-hetero) is 2. The molecule has 3 rings (SSSR count). The van der Waals surface area contributed by atoms with Crippen molar-refractivity contribution < 1.29 is 9.59 Å². The Morgan fingerprint density at radius 3 is 1.73 bits per heavy atom. The number of halogens is 2. The van der Waals surface area contributed by atoms with Crippen LogP contribution in [-0.2, 0) is 9.59 Å². The summed E-state index contributed by atoms with van der Waals surface area (Å²) in [5.41, 5.74) is 1.42. The largest absolute Gasteiger partial charge is 0.288 e. The SMILES string of the molecule is O=C1C(Br)=C(Br)C(=O)C2=C1[C@@H]1C=C[C@H]2C1. The fourth-order valence-electron chi connectivity index (χ4n) is 2.54. The van der Waals surface area contributed by atoms with E-state index in [1.807, 2.05) is 12.2 Å². The van der Waals surface area contributed by atoms with Gasteiger partial charge < -0.3 is 0 Å². The molecule has 0 spiro atoms. The van der Waals surface area contributed by atoms with Gasteiger partial charge in [-0.1, -0.05) is 12.2 Å². The molecule has 2 bridgehead atoms. The second kappa shape index (κ2) is 3.01. The Labute approximate surface area is 103 Å². The van der Waals surface area contributed by atoms with Gasteiger partial charge in [0.25, 0.3) is 0 Å². The van der Waals surface area contributed by atoms with Crippen LogP contribution in [0.5, 0.6) is 0 Å². The van der Waals surface area contributed by atoms with E-state index in [-0.39, 0.29) is 23.4 Å². The minimum Gasteiger partial charge on any atom is -0.288 e. The Morgan fingerprint density at radius 1 is 0.933 bits per heavy atom. The van der Waals surface area contributed by atoms with Gasteiger partial charge >= 0.3 is 0 Å². The third-order valence-electron chi connectivity index (χ3n) is 3.20. The summed E-state index contributed by atoms with van der Waals surface area (Å²) in [5, 5.41) is 0. The Morgan fingerprint density at radius 2 is 1.33 bits per heavy atom.